The van der Waals surface area contributed by atoms with Crippen molar-refractivity contribution in [1.82, 2.24) is 4.57 Å². The fourth-order valence-corrected chi connectivity index (χ4v) is 7.50. The van der Waals surface area contributed by atoms with E-state index in [2.05, 4.69) is 191 Å². The van der Waals surface area contributed by atoms with Crippen LogP contribution in [0.15, 0.2) is 186 Å². The van der Waals surface area contributed by atoms with Crippen LogP contribution < -0.4 is 4.90 Å². The van der Waals surface area contributed by atoms with E-state index < -0.39 is 0 Å². The molecular weight excluding hydrogens is 597 g/mol. The lowest BCUT2D eigenvalue weighted by Crippen LogP contribution is -2.11. The largest absolute Gasteiger partial charge is 0.456 e. The van der Waals surface area contributed by atoms with Crippen molar-refractivity contribution in [3.05, 3.63) is 182 Å². The van der Waals surface area contributed by atoms with Crippen molar-refractivity contribution in [1.29, 1.82) is 0 Å². The second-order valence-corrected chi connectivity index (χ2v) is 12.6. The fraction of sp³-hybridized carbons (Fsp3) is 0. The van der Waals surface area contributed by atoms with Gasteiger partial charge in [-0.3, -0.25) is 0 Å². The van der Waals surface area contributed by atoms with Gasteiger partial charge in [0.2, 0.25) is 0 Å². The van der Waals surface area contributed by atoms with Gasteiger partial charge in [-0.25, -0.2) is 0 Å². The topological polar surface area (TPSA) is 21.3 Å². The molecule has 0 N–H and O–H groups in total. The van der Waals surface area contributed by atoms with Crippen LogP contribution in [0.3, 0.4) is 0 Å². The van der Waals surface area contributed by atoms with Gasteiger partial charge in [-0.2, -0.15) is 0 Å². The van der Waals surface area contributed by atoms with Crippen molar-refractivity contribution >= 4 is 71.6 Å². The highest BCUT2D eigenvalue weighted by molar-refractivity contribution is 6.12. The first-order valence-electron chi connectivity index (χ1n) is 16.7. The van der Waals surface area contributed by atoms with Gasteiger partial charge in [0.05, 0.1) is 16.7 Å². The molecule has 0 amide bonds. The second kappa shape index (κ2) is 11.0. The Labute approximate surface area is 283 Å². The summed E-state index contributed by atoms with van der Waals surface area (Å²) in [5.74, 6) is 0. The lowest BCUT2D eigenvalue weighted by molar-refractivity contribution is 0.669. The van der Waals surface area contributed by atoms with Gasteiger partial charge >= 0.3 is 0 Å². The number of rotatable bonds is 5. The molecule has 3 heteroatoms. The first-order chi connectivity index (χ1) is 24.3. The Bertz CT molecular complexity index is 2830. The lowest BCUT2D eigenvalue weighted by atomic mass is 10.0. The van der Waals surface area contributed by atoms with Crippen LogP contribution in [0.2, 0.25) is 0 Å². The standard InChI is InChI=1S/C46H30N2O/c1-3-13-31(14-4-1)37-19-9-11-21-42(37)47(35-24-26-45-41(29-35)40-27-32-15-7-8-16-33(32)28-46(40)49-45)36-23-25-39-38-20-10-12-22-43(38)48(44(39)30-36)34-17-5-2-6-18-34/h1-30H. The molecule has 0 fully saturated rings. The molecular formula is C46H30N2O. The van der Waals surface area contributed by atoms with E-state index in [-0.39, 0.29) is 0 Å². The normalized spacial score (nSPS) is 11.7. The van der Waals surface area contributed by atoms with Crippen LogP contribution in [0.4, 0.5) is 17.1 Å². The van der Waals surface area contributed by atoms with Gasteiger partial charge in [-0.15, -0.1) is 0 Å². The maximum Gasteiger partial charge on any atom is 0.136 e. The molecule has 10 aromatic rings. The Morgan fingerprint density at radius 1 is 0.408 bits per heavy atom. The summed E-state index contributed by atoms with van der Waals surface area (Å²) >= 11 is 0. The zero-order valence-electron chi connectivity index (χ0n) is 26.6. The zero-order valence-corrected chi connectivity index (χ0v) is 26.6. The van der Waals surface area contributed by atoms with Crippen molar-refractivity contribution < 1.29 is 4.42 Å². The summed E-state index contributed by atoms with van der Waals surface area (Å²) in [6, 6.07) is 65.1. The molecule has 0 aliphatic heterocycles. The van der Waals surface area contributed by atoms with Crippen molar-refractivity contribution in [3.63, 3.8) is 0 Å². The molecule has 0 atom stereocenters. The van der Waals surface area contributed by atoms with Crippen molar-refractivity contribution in [2.45, 2.75) is 0 Å². The fourth-order valence-electron chi connectivity index (χ4n) is 7.50. The van der Waals surface area contributed by atoms with Crippen LogP contribution in [0.5, 0.6) is 0 Å². The smallest absolute Gasteiger partial charge is 0.136 e. The molecule has 0 saturated carbocycles. The van der Waals surface area contributed by atoms with Crippen molar-refractivity contribution in [3.8, 4) is 16.8 Å². The van der Waals surface area contributed by atoms with Gasteiger partial charge in [0.15, 0.2) is 0 Å². The third-order valence-electron chi connectivity index (χ3n) is 9.74. The van der Waals surface area contributed by atoms with E-state index in [1.165, 1.54) is 32.6 Å². The summed E-state index contributed by atoms with van der Waals surface area (Å²) in [4.78, 5) is 2.40. The minimum absolute atomic E-state index is 0.880. The monoisotopic (exact) mass is 626 g/mol. The summed E-state index contributed by atoms with van der Waals surface area (Å²) in [5, 5.41) is 7.06. The first kappa shape index (κ1) is 27.5. The number of hydrogen-bond donors (Lipinski definition) is 0. The van der Waals surface area contributed by atoms with E-state index in [9.17, 15) is 0 Å². The van der Waals surface area contributed by atoms with E-state index in [4.69, 9.17) is 4.42 Å². The molecule has 2 aromatic heterocycles. The third-order valence-corrected chi connectivity index (χ3v) is 9.74. The number of nitrogens with zero attached hydrogens (tertiary/aromatic N) is 2. The average molecular weight is 627 g/mol. The number of hydrogen-bond acceptors (Lipinski definition) is 2. The molecule has 3 nitrogen and oxygen atoms in total. The Balaban J connectivity index is 1.26. The minimum atomic E-state index is 0.880. The van der Waals surface area contributed by atoms with E-state index >= 15 is 0 Å². The molecule has 0 bridgehead atoms. The van der Waals surface area contributed by atoms with Crippen LogP contribution in [0.25, 0.3) is 71.3 Å². The van der Waals surface area contributed by atoms with Gasteiger partial charge in [0.25, 0.3) is 0 Å². The minimum Gasteiger partial charge on any atom is -0.456 e. The van der Waals surface area contributed by atoms with E-state index in [1.807, 2.05) is 0 Å². The zero-order chi connectivity index (χ0) is 32.3. The molecule has 0 radical (unpaired) electrons. The number of anilines is 3. The molecule has 0 aliphatic rings. The Kier molecular flexibility index (Phi) is 6.18. The molecule has 8 aromatic carbocycles. The predicted octanol–water partition coefficient (Wildman–Crippen LogP) is 13.0. The summed E-state index contributed by atoms with van der Waals surface area (Å²) in [7, 11) is 0. The molecule has 10 rings (SSSR count). The highest BCUT2D eigenvalue weighted by Gasteiger charge is 2.21. The number of para-hydroxylation sites is 3. The van der Waals surface area contributed by atoms with Crippen molar-refractivity contribution in [2.75, 3.05) is 4.90 Å². The maximum atomic E-state index is 6.43. The van der Waals surface area contributed by atoms with Crippen LogP contribution in [0.1, 0.15) is 0 Å². The third kappa shape index (κ3) is 4.44. The van der Waals surface area contributed by atoms with Gasteiger partial charge < -0.3 is 13.9 Å². The lowest BCUT2D eigenvalue weighted by Gasteiger charge is -2.28. The van der Waals surface area contributed by atoms with Crippen LogP contribution in [-0.2, 0) is 0 Å². The molecule has 230 valence electrons. The Hall–Kier alpha value is -6.58. The first-order valence-corrected chi connectivity index (χ1v) is 16.7. The molecule has 2 heterocycles. The quantitative estimate of drug-likeness (QED) is 0.190. The number of aromatic nitrogens is 1. The van der Waals surface area contributed by atoms with E-state index in [0.29, 0.717) is 0 Å². The summed E-state index contributed by atoms with van der Waals surface area (Å²) < 4.78 is 8.82. The number of fused-ring (bicyclic) bond motifs is 7. The van der Waals surface area contributed by atoms with Crippen LogP contribution in [-0.4, -0.2) is 4.57 Å². The molecule has 0 unspecified atom stereocenters. The highest BCUT2D eigenvalue weighted by atomic mass is 16.3. The van der Waals surface area contributed by atoms with Gasteiger partial charge in [-0.05, 0) is 83.1 Å². The molecule has 0 saturated heterocycles. The average Bonchev–Trinajstić information content (AvgIpc) is 3.69. The predicted molar refractivity (Wildman–Crippen MR) is 206 cm³/mol. The summed E-state index contributed by atoms with van der Waals surface area (Å²) in [6.07, 6.45) is 0. The van der Waals surface area contributed by atoms with E-state index in [1.54, 1.807) is 0 Å². The summed E-state index contributed by atoms with van der Waals surface area (Å²) in [6.45, 7) is 0. The Morgan fingerprint density at radius 3 is 1.90 bits per heavy atom. The number of benzene rings is 8. The molecule has 0 spiro atoms. The number of furan rings is 1. The summed E-state index contributed by atoms with van der Waals surface area (Å²) in [5.41, 5.74) is 10.8. The SMILES string of the molecule is c1ccc(-c2ccccc2N(c2ccc3oc4cc5ccccc5cc4c3c2)c2ccc3c4ccccc4n(-c4ccccc4)c3c2)cc1. The molecule has 0 aliphatic carbocycles. The van der Waals surface area contributed by atoms with Gasteiger partial charge in [-0.1, -0.05) is 115 Å². The second-order valence-electron chi connectivity index (χ2n) is 12.6. The van der Waals surface area contributed by atoms with Crippen LogP contribution >= 0.6 is 0 Å². The van der Waals surface area contributed by atoms with Gasteiger partial charge in [0, 0.05) is 44.2 Å². The van der Waals surface area contributed by atoms with Gasteiger partial charge in [0.1, 0.15) is 11.2 Å². The van der Waals surface area contributed by atoms with Crippen molar-refractivity contribution in [2.24, 2.45) is 0 Å². The van der Waals surface area contributed by atoms with Crippen LogP contribution in [0, 0.1) is 0 Å². The highest BCUT2D eigenvalue weighted by Crippen LogP contribution is 2.45. The maximum absolute atomic E-state index is 6.43. The van der Waals surface area contributed by atoms with E-state index in [0.717, 1.165) is 55.8 Å². The Morgan fingerprint density at radius 2 is 1.04 bits per heavy atom. The molecule has 49 heavy (non-hydrogen) atoms.